The van der Waals surface area contributed by atoms with Gasteiger partial charge in [0.25, 0.3) is 0 Å². The summed E-state index contributed by atoms with van der Waals surface area (Å²) in [4.78, 5) is 3.80. The van der Waals surface area contributed by atoms with Crippen molar-refractivity contribution in [1.29, 1.82) is 0 Å². The molecule has 0 saturated carbocycles. The zero-order chi connectivity index (χ0) is 28.4. The average Bonchev–Trinajstić information content (AvgIpc) is 3.49. The predicted molar refractivity (Wildman–Crippen MR) is 180 cm³/mol. The van der Waals surface area contributed by atoms with Gasteiger partial charge in [0.2, 0.25) is 0 Å². The highest BCUT2D eigenvalue weighted by molar-refractivity contribution is 7.10. The summed E-state index contributed by atoms with van der Waals surface area (Å²) in [6.45, 7) is 13.7. The van der Waals surface area contributed by atoms with Gasteiger partial charge < -0.3 is 9.33 Å². The Kier molecular flexibility index (Phi) is 10.5. The van der Waals surface area contributed by atoms with Crippen molar-refractivity contribution in [2.24, 2.45) is 0 Å². The number of hydrogen-bond acceptors (Lipinski definition) is 3. The molecule has 0 amide bonds. The number of thiophene rings is 1. The van der Waals surface area contributed by atoms with E-state index in [0.717, 1.165) is 24.4 Å². The molecule has 3 aromatic carbocycles. The highest BCUT2D eigenvalue weighted by Crippen LogP contribution is 2.40. The Morgan fingerprint density at radius 1 is 0.750 bits per heavy atom. The predicted octanol–water partition coefficient (Wildman–Crippen LogP) is 9.26. The van der Waals surface area contributed by atoms with E-state index in [1.165, 1.54) is 46.6 Å². The molecule has 0 atom stereocenters. The van der Waals surface area contributed by atoms with Crippen LogP contribution in [0.5, 0.6) is 5.75 Å². The van der Waals surface area contributed by atoms with Crippen LogP contribution in [0.4, 0.5) is 5.69 Å². The van der Waals surface area contributed by atoms with E-state index < -0.39 is 8.32 Å². The summed E-state index contributed by atoms with van der Waals surface area (Å²) in [5.41, 5.74) is 2.37. The largest absolute Gasteiger partial charge is 0.534 e. The lowest BCUT2D eigenvalue weighted by Gasteiger charge is -2.43. The molecule has 0 unspecified atom stereocenters. The lowest BCUT2D eigenvalue weighted by molar-refractivity contribution is 0.507. The molecule has 2 nitrogen and oxygen atoms in total. The Bertz CT molecular complexity index is 1280. The summed E-state index contributed by atoms with van der Waals surface area (Å²) in [6.07, 6.45) is 9.20. The van der Waals surface area contributed by atoms with Gasteiger partial charge in [-0.2, -0.15) is 0 Å². The second-order valence-corrected chi connectivity index (χ2v) is 16.7. The van der Waals surface area contributed by atoms with E-state index in [-0.39, 0.29) is 5.04 Å². The Morgan fingerprint density at radius 3 is 1.85 bits per heavy atom. The summed E-state index contributed by atoms with van der Waals surface area (Å²) in [7, 11) is -2.78. The van der Waals surface area contributed by atoms with Gasteiger partial charge in [0, 0.05) is 35.3 Å². The molecule has 0 bridgehead atoms. The molecular weight excluding hydrogens is 523 g/mol. The summed E-state index contributed by atoms with van der Waals surface area (Å²) < 4.78 is 7.60. The smallest absolute Gasteiger partial charge is 0.319 e. The number of anilines is 1. The monoisotopic (exact) mass is 567 g/mol. The normalized spacial score (nSPS) is 12.1. The molecule has 0 N–H and O–H groups in total. The Balaban J connectivity index is 1.90. The summed E-state index contributed by atoms with van der Waals surface area (Å²) in [5, 5.41) is 4.61. The minimum Gasteiger partial charge on any atom is -0.534 e. The number of rotatable bonds is 13. The van der Waals surface area contributed by atoms with Crippen LogP contribution < -0.4 is 19.7 Å². The van der Waals surface area contributed by atoms with Crippen LogP contribution in [0.2, 0.25) is 5.04 Å². The highest BCUT2D eigenvalue weighted by atomic mass is 32.1. The maximum atomic E-state index is 7.60. The molecule has 0 aliphatic rings. The van der Waals surface area contributed by atoms with Crippen LogP contribution in [0.1, 0.15) is 70.7 Å². The maximum absolute atomic E-state index is 7.60. The average molecular weight is 568 g/mol. The fourth-order valence-electron chi connectivity index (χ4n) is 5.39. The standard InChI is InChI=1S/C36H45NOSSi/c1-6-8-26-37(27-9-7-2)31-24-22-30(23-25-32-17-16-28-39-32)35(29-31)38-40(36(3,4)5,33-18-12-10-13-19-33)34-20-14-11-15-21-34/h10-25,28-29H,6-9,26-27H2,1-5H3/b25-23+. The first-order valence-electron chi connectivity index (χ1n) is 14.8. The minimum absolute atomic E-state index is 0.107. The van der Waals surface area contributed by atoms with Crippen molar-refractivity contribution in [2.45, 2.75) is 65.3 Å². The van der Waals surface area contributed by atoms with E-state index in [4.69, 9.17) is 4.43 Å². The number of nitrogens with zero attached hydrogens (tertiary/aromatic N) is 1. The third-order valence-electron chi connectivity index (χ3n) is 7.58. The van der Waals surface area contributed by atoms with Crippen molar-refractivity contribution in [1.82, 2.24) is 0 Å². The second-order valence-electron chi connectivity index (χ2n) is 11.5. The third-order valence-corrected chi connectivity index (χ3v) is 13.3. The molecule has 0 fully saturated rings. The van der Waals surface area contributed by atoms with Gasteiger partial charge >= 0.3 is 8.32 Å². The van der Waals surface area contributed by atoms with Crippen molar-refractivity contribution in [3.05, 3.63) is 107 Å². The Labute approximate surface area is 247 Å². The number of hydrogen-bond donors (Lipinski definition) is 0. The highest BCUT2D eigenvalue weighted by Gasteiger charge is 2.52. The van der Waals surface area contributed by atoms with E-state index in [1.54, 1.807) is 11.3 Å². The van der Waals surface area contributed by atoms with Gasteiger partial charge in [-0.25, -0.2) is 0 Å². The zero-order valence-electron chi connectivity index (χ0n) is 24.9. The summed E-state index contributed by atoms with van der Waals surface area (Å²) >= 11 is 1.76. The van der Waals surface area contributed by atoms with E-state index >= 15 is 0 Å². The van der Waals surface area contributed by atoms with E-state index in [2.05, 4.69) is 148 Å². The molecule has 0 spiro atoms. The van der Waals surface area contributed by atoms with Crippen molar-refractivity contribution in [3.8, 4) is 5.75 Å². The van der Waals surface area contributed by atoms with Crippen LogP contribution in [0.15, 0.2) is 96.4 Å². The van der Waals surface area contributed by atoms with Crippen LogP contribution in [0, 0.1) is 0 Å². The SMILES string of the molecule is CCCCN(CCCC)c1ccc(/C=C/c2cccs2)c(O[Si](c2ccccc2)(c2ccccc2)C(C)(C)C)c1. The van der Waals surface area contributed by atoms with Gasteiger partial charge in [0.05, 0.1) is 0 Å². The van der Waals surface area contributed by atoms with Crippen molar-refractivity contribution in [2.75, 3.05) is 18.0 Å². The van der Waals surface area contributed by atoms with Gasteiger partial charge in [-0.3, -0.25) is 0 Å². The minimum atomic E-state index is -2.78. The van der Waals surface area contributed by atoms with Gasteiger partial charge in [-0.15, -0.1) is 11.3 Å². The van der Waals surface area contributed by atoms with Crippen molar-refractivity contribution in [3.63, 3.8) is 0 Å². The lowest BCUT2D eigenvalue weighted by Crippen LogP contribution is -2.68. The first-order valence-corrected chi connectivity index (χ1v) is 17.6. The molecule has 0 aliphatic heterocycles. The van der Waals surface area contributed by atoms with Crippen LogP contribution in [0.25, 0.3) is 12.2 Å². The van der Waals surface area contributed by atoms with Crippen LogP contribution >= 0.6 is 11.3 Å². The van der Waals surface area contributed by atoms with Crippen LogP contribution in [-0.4, -0.2) is 21.4 Å². The van der Waals surface area contributed by atoms with Gasteiger partial charge in [0.1, 0.15) is 5.75 Å². The topological polar surface area (TPSA) is 12.5 Å². The molecule has 40 heavy (non-hydrogen) atoms. The lowest BCUT2D eigenvalue weighted by atomic mass is 10.1. The molecule has 210 valence electrons. The molecule has 4 aromatic rings. The van der Waals surface area contributed by atoms with Gasteiger partial charge in [0.15, 0.2) is 0 Å². The third kappa shape index (κ3) is 6.97. The molecular formula is C36H45NOSSi. The van der Waals surface area contributed by atoms with E-state index in [0.29, 0.717) is 0 Å². The van der Waals surface area contributed by atoms with E-state index in [1.807, 2.05) is 0 Å². The Morgan fingerprint density at radius 2 is 1.35 bits per heavy atom. The maximum Gasteiger partial charge on any atom is 0.319 e. The molecule has 1 heterocycles. The molecule has 1 aromatic heterocycles. The number of unbranched alkanes of at least 4 members (excludes halogenated alkanes) is 2. The molecule has 4 rings (SSSR count). The van der Waals surface area contributed by atoms with Crippen molar-refractivity contribution >= 4 is 47.9 Å². The molecule has 0 aliphatic carbocycles. The Hall–Kier alpha value is -3.08. The fourth-order valence-corrected chi connectivity index (χ4v) is 10.4. The molecule has 0 saturated heterocycles. The zero-order valence-corrected chi connectivity index (χ0v) is 26.7. The van der Waals surface area contributed by atoms with Crippen molar-refractivity contribution < 1.29 is 4.43 Å². The summed E-state index contributed by atoms with van der Waals surface area (Å²) in [5.74, 6) is 0.970. The first kappa shape index (κ1) is 29.9. The fraction of sp³-hybridized carbons (Fsp3) is 0.333. The second kappa shape index (κ2) is 14.0. The first-order chi connectivity index (χ1) is 19.4. The number of benzene rings is 3. The van der Waals surface area contributed by atoms with Crippen LogP contribution in [-0.2, 0) is 0 Å². The summed E-state index contributed by atoms with van der Waals surface area (Å²) in [6, 6.07) is 33.0. The van der Waals surface area contributed by atoms with E-state index in [9.17, 15) is 0 Å². The quantitative estimate of drug-likeness (QED) is 0.149. The molecule has 4 heteroatoms. The van der Waals surface area contributed by atoms with Gasteiger partial charge in [-0.1, -0.05) is 114 Å². The molecule has 0 radical (unpaired) electrons. The van der Waals surface area contributed by atoms with Crippen LogP contribution in [0.3, 0.4) is 0 Å². The van der Waals surface area contributed by atoms with Gasteiger partial charge in [-0.05, 0) is 64.0 Å².